The van der Waals surface area contributed by atoms with Crippen LogP contribution in [0.15, 0.2) is 24.3 Å². The fraction of sp³-hybridized carbons (Fsp3) is 0.636. The summed E-state index contributed by atoms with van der Waals surface area (Å²) in [6.07, 6.45) is 3.86. The fourth-order valence-electron chi connectivity index (χ4n) is 3.63. The second-order valence-electron chi connectivity index (χ2n) is 8.72. The van der Waals surface area contributed by atoms with E-state index in [9.17, 15) is 9.59 Å². The lowest BCUT2D eigenvalue weighted by Crippen LogP contribution is -2.43. The molecule has 1 saturated heterocycles. The van der Waals surface area contributed by atoms with Crippen LogP contribution in [-0.4, -0.2) is 48.1 Å². The van der Waals surface area contributed by atoms with Crippen molar-refractivity contribution in [2.24, 2.45) is 5.92 Å². The number of rotatable bonds is 8. The summed E-state index contributed by atoms with van der Waals surface area (Å²) in [7, 11) is 0. The third-order valence-electron chi connectivity index (χ3n) is 5.29. The van der Waals surface area contributed by atoms with Gasteiger partial charge in [0, 0.05) is 19.5 Å². The maximum absolute atomic E-state index is 12.2. The van der Waals surface area contributed by atoms with Crippen molar-refractivity contribution in [3.8, 4) is 0 Å². The van der Waals surface area contributed by atoms with Crippen LogP contribution in [0.1, 0.15) is 57.6 Å². The Bertz CT molecular complexity index is 619. The number of carboxylic acid groups (broad SMARTS) is 1. The van der Waals surface area contributed by atoms with E-state index in [1.165, 1.54) is 11.1 Å². The summed E-state index contributed by atoms with van der Waals surface area (Å²) in [6, 6.07) is 8.62. The minimum absolute atomic E-state index is 0.0557. The minimum atomic E-state index is -0.736. The first-order valence-corrected chi connectivity index (χ1v) is 10.0. The van der Waals surface area contributed by atoms with Gasteiger partial charge in [-0.25, -0.2) is 0 Å². The van der Waals surface area contributed by atoms with Crippen LogP contribution in [0.4, 0.5) is 0 Å². The predicted molar refractivity (Wildman–Crippen MR) is 108 cm³/mol. The van der Waals surface area contributed by atoms with Gasteiger partial charge in [-0.05, 0) is 54.7 Å². The van der Waals surface area contributed by atoms with Crippen LogP contribution >= 0.6 is 0 Å². The maximum atomic E-state index is 12.2. The summed E-state index contributed by atoms with van der Waals surface area (Å²) in [5.74, 6) is -0.287. The Kier molecular flexibility index (Phi) is 7.84. The standard InChI is InChI=1S/C22H34N2O3/c1-22(2,3)19-9-6-17(7-10-19)12-13-23-20(25)16-24-14-4-5-18(15-24)8-11-21(26)27/h6-7,9-10,18H,4-5,8,11-16H2,1-3H3,(H,23,25)(H,26,27). The van der Waals surface area contributed by atoms with E-state index < -0.39 is 5.97 Å². The molecule has 1 fully saturated rings. The largest absolute Gasteiger partial charge is 0.481 e. The van der Waals surface area contributed by atoms with Gasteiger partial charge in [-0.2, -0.15) is 0 Å². The van der Waals surface area contributed by atoms with Gasteiger partial charge in [0.05, 0.1) is 6.54 Å². The number of nitrogens with zero attached hydrogens (tertiary/aromatic N) is 1. The molecular formula is C22H34N2O3. The first-order valence-electron chi connectivity index (χ1n) is 10.0. The molecule has 0 radical (unpaired) electrons. The molecule has 1 amide bonds. The zero-order chi connectivity index (χ0) is 19.9. The number of carboxylic acids is 1. The van der Waals surface area contributed by atoms with E-state index in [4.69, 9.17) is 5.11 Å². The molecule has 2 N–H and O–H groups in total. The predicted octanol–water partition coefficient (Wildman–Crippen LogP) is 3.22. The SMILES string of the molecule is CC(C)(C)c1ccc(CCNC(=O)CN2CCCC(CCC(=O)O)C2)cc1. The van der Waals surface area contributed by atoms with Crippen LogP contribution < -0.4 is 5.32 Å². The number of hydrogen-bond acceptors (Lipinski definition) is 3. The Morgan fingerprint density at radius 2 is 1.93 bits per heavy atom. The molecule has 1 aliphatic heterocycles. The third-order valence-corrected chi connectivity index (χ3v) is 5.29. The van der Waals surface area contributed by atoms with Gasteiger partial charge in [-0.3, -0.25) is 14.5 Å². The summed E-state index contributed by atoms with van der Waals surface area (Å²) >= 11 is 0. The van der Waals surface area contributed by atoms with Gasteiger partial charge in [-0.1, -0.05) is 45.0 Å². The number of nitrogens with one attached hydrogen (secondary N) is 1. The van der Waals surface area contributed by atoms with Gasteiger partial charge in [0.1, 0.15) is 0 Å². The molecular weight excluding hydrogens is 340 g/mol. The Balaban J connectivity index is 1.69. The van der Waals surface area contributed by atoms with Crippen molar-refractivity contribution >= 4 is 11.9 Å². The molecule has 1 unspecified atom stereocenters. The number of carbonyl (C=O) groups excluding carboxylic acids is 1. The Morgan fingerprint density at radius 3 is 2.56 bits per heavy atom. The highest BCUT2D eigenvalue weighted by Gasteiger charge is 2.22. The molecule has 27 heavy (non-hydrogen) atoms. The molecule has 5 nitrogen and oxygen atoms in total. The summed E-state index contributed by atoms with van der Waals surface area (Å²) in [4.78, 5) is 25.1. The molecule has 1 aromatic rings. The molecule has 1 aromatic carbocycles. The first kappa shape index (κ1) is 21.4. The number of piperidine rings is 1. The summed E-state index contributed by atoms with van der Waals surface area (Å²) in [6.45, 7) is 9.41. The van der Waals surface area contributed by atoms with Gasteiger partial charge in [0.15, 0.2) is 0 Å². The van der Waals surface area contributed by atoms with Crippen molar-refractivity contribution in [2.75, 3.05) is 26.2 Å². The highest BCUT2D eigenvalue weighted by Crippen LogP contribution is 2.22. The van der Waals surface area contributed by atoms with E-state index in [1.807, 2.05) is 0 Å². The number of hydrogen-bond donors (Lipinski definition) is 2. The van der Waals surface area contributed by atoms with Gasteiger partial charge >= 0.3 is 5.97 Å². The lowest BCUT2D eigenvalue weighted by Gasteiger charge is -2.32. The van der Waals surface area contributed by atoms with Crippen LogP contribution in [0.3, 0.4) is 0 Å². The average molecular weight is 375 g/mol. The van der Waals surface area contributed by atoms with E-state index in [2.05, 4.69) is 55.3 Å². The molecule has 0 spiro atoms. The number of amides is 1. The zero-order valence-electron chi connectivity index (χ0n) is 17.0. The summed E-state index contributed by atoms with van der Waals surface area (Å²) < 4.78 is 0. The van der Waals surface area contributed by atoms with E-state index in [-0.39, 0.29) is 17.7 Å². The Labute approximate surface area is 163 Å². The van der Waals surface area contributed by atoms with E-state index in [1.54, 1.807) is 0 Å². The van der Waals surface area contributed by atoms with Crippen molar-refractivity contribution in [1.82, 2.24) is 10.2 Å². The normalized spacial score (nSPS) is 18.3. The Hall–Kier alpha value is -1.88. The fourth-order valence-corrected chi connectivity index (χ4v) is 3.63. The quantitative estimate of drug-likeness (QED) is 0.733. The smallest absolute Gasteiger partial charge is 0.303 e. The van der Waals surface area contributed by atoms with E-state index in [0.717, 1.165) is 32.4 Å². The monoisotopic (exact) mass is 374 g/mol. The lowest BCUT2D eigenvalue weighted by molar-refractivity contribution is -0.137. The molecule has 0 saturated carbocycles. The van der Waals surface area contributed by atoms with Gasteiger partial charge in [-0.15, -0.1) is 0 Å². The Morgan fingerprint density at radius 1 is 1.22 bits per heavy atom. The number of carbonyl (C=O) groups is 2. The minimum Gasteiger partial charge on any atom is -0.481 e. The van der Waals surface area contributed by atoms with E-state index >= 15 is 0 Å². The topological polar surface area (TPSA) is 69.6 Å². The molecule has 1 atom stereocenters. The lowest BCUT2D eigenvalue weighted by atomic mass is 9.86. The highest BCUT2D eigenvalue weighted by molar-refractivity contribution is 5.78. The van der Waals surface area contributed by atoms with Crippen LogP contribution in [0.2, 0.25) is 0 Å². The van der Waals surface area contributed by atoms with Crippen molar-refractivity contribution in [2.45, 2.75) is 58.3 Å². The first-order chi connectivity index (χ1) is 12.7. The van der Waals surface area contributed by atoms with Gasteiger partial charge in [0.25, 0.3) is 0 Å². The van der Waals surface area contributed by atoms with Crippen molar-refractivity contribution < 1.29 is 14.7 Å². The molecule has 0 aliphatic carbocycles. The molecule has 150 valence electrons. The molecule has 0 aromatic heterocycles. The molecule has 1 heterocycles. The second-order valence-corrected chi connectivity index (χ2v) is 8.72. The van der Waals surface area contributed by atoms with E-state index in [0.29, 0.717) is 25.4 Å². The van der Waals surface area contributed by atoms with Crippen LogP contribution in [0.25, 0.3) is 0 Å². The van der Waals surface area contributed by atoms with Crippen molar-refractivity contribution in [1.29, 1.82) is 0 Å². The van der Waals surface area contributed by atoms with Gasteiger partial charge < -0.3 is 10.4 Å². The second kappa shape index (κ2) is 9.88. The van der Waals surface area contributed by atoms with Crippen LogP contribution in [0, 0.1) is 5.92 Å². The third kappa shape index (κ3) is 7.71. The average Bonchev–Trinajstić information content (AvgIpc) is 2.60. The summed E-state index contributed by atoms with van der Waals surface area (Å²) in [5.41, 5.74) is 2.71. The number of likely N-dealkylation sites (tertiary alicyclic amines) is 1. The van der Waals surface area contributed by atoms with Crippen molar-refractivity contribution in [3.63, 3.8) is 0 Å². The molecule has 0 bridgehead atoms. The molecule has 1 aliphatic rings. The maximum Gasteiger partial charge on any atom is 0.303 e. The van der Waals surface area contributed by atoms with Crippen molar-refractivity contribution in [3.05, 3.63) is 35.4 Å². The number of benzene rings is 1. The van der Waals surface area contributed by atoms with Gasteiger partial charge in [0.2, 0.25) is 5.91 Å². The zero-order valence-corrected chi connectivity index (χ0v) is 17.0. The van der Waals surface area contributed by atoms with Crippen LogP contribution in [-0.2, 0) is 21.4 Å². The molecule has 5 heteroatoms. The highest BCUT2D eigenvalue weighted by atomic mass is 16.4. The van der Waals surface area contributed by atoms with Crippen LogP contribution in [0.5, 0.6) is 0 Å². The molecule has 2 rings (SSSR count). The number of aliphatic carboxylic acids is 1. The summed E-state index contributed by atoms with van der Waals surface area (Å²) in [5, 5.41) is 11.8.